The first-order valence-corrected chi connectivity index (χ1v) is 13.1. The highest BCUT2D eigenvalue weighted by Gasteiger charge is 2.15. The molecule has 0 saturated carbocycles. The summed E-state index contributed by atoms with van der Waals surface area (Å²) in [6.45, 7) is 0. The molecule has 7 rings (SSSR count). The highest BCUT2D eigenvalue weighted by atomic mass is 15.0. The van der Waals surface area contributed by atoms with Crippen LogP contribution in [0.2, 0.25) is 0 Å². The summed E-state index contributed by atoms with van der Waals surface area (Å²) in [5.41, 5.74) is 6.88. The minimum Gasteiger partial charge on any atom is -0.264 e. The Morgan fingerprint density at radius 1 is 0.375 bits per heavy atom. The first-order chi connectivity index (χ1) is 19.8. The Kier molecular flexibility index (Phi) is 6.07. The third-order valence-electron chi connectivity index (χ3n) is 6.89. The van der Waals surface area contributed by atoms with Crippen molar-refractivity contribution in [1.82, 2.24) is 24.9 Å². The first kappa shape index (κ1) is 23.6. The van der Waals surface area contributed by atoms with Crippen LogP contribution in [0.3, 0.4) is 0 Å². The average molecular weight is 514 g/mol. The van der Waals surface area contributed by atoms with Gasteiger partial charge in [0, 0.05) is 46.4 Å². The minimum atomic E-state index is 0.639. The predicted molar refractivity (Wildman–Crippen MR) is 160 cm³/mol. The second-order valence-corrected chi connectivity index (χ2v) is 9.42. The van der Waals surface area contributed by atoms with Gasteiger partial charge < -0.3 is 0 Å². The van der Waals surface area contributed by atoms with Crippen LogP contribution in [0.15, 0.2) is 140 Å². The Morgan fingerprint density at radius 3 is 1.57 bits per heavy atom. The van der Waals surface area contributed by atoms with Gasteiger partial charge in [-0.2, -0.15) is 0 Å². The molecule has 3 heterocycles. The lowest BCUT2D eigenvalue weighted by molar-refractivity contribution is 1.08. The van der Waals surface area contributed by atoms with Crippen molar-refractivity contribution in [3.8, 4) is 56.5 Å². The van der Waals surface area contributed by atoms with Crippen LogP contribution < -0.4 is 0 Å². The van der Waals surface area contributed by atoms with E-state index in [0.717, 1.165) is 49.8 Å². The van der Waals surface area contributed by atoms with Gasteiger partial charge in [0.25, 0.3) is 0 Å². The molecule has 4 aromatic carbocycles. The maximum absolute atomic E-state index is 4.96. The largest absolute Gasteiger partial charge is 0.264 e. The number of aromatic nitrogens is 5. The minimum absolute atomic E-state index is 0.639. The van der Waals surface area contributed by atoms with Crippen molar-refractivity contribution >= 4 is 10.8 Å². The molecule has 3 aromatic heterocycles. The van der Waals surface area contributed by atoms with Crippen molar-refractivity contribution in [2.45, 2.75) is 0 Å². The number of benzene rings is 4. The molecule has 0 saturated heterocycles. The van der Waals surface area contributed by atoms with Gasteiger partial charge >= 0.3 is 0 Å². The van der Waals surface area contributed by atoms with Crippen molar-refractivity contribution in [3.63, 3.8) is 0 Å². The van der Waals surface area contributed by atoms with Crippen molar-refractivity contribution < 1.29 is 0 Å². The maximum atomic E-state index is 4.96. The molecule has 0 atom stereocenters. The van der Waals surface area contributed by atoms with Crippen LogP contribution in [0, 0.1) is 0 Å². The van der Waals surface area contributed by atoms with Gasteiger partial charge in [-0.1, -0.05) is 103 Å². The van der Waals surface area contributed by atoms with E-state index < -0.39 is 0 Å². The number of hydrogen-bond donors (Lipinski definition) is 0. The molecular formula is C35H23N5. The normalized spacial score (nSPS) is 11.0. The van der Waals surface area contributed by atoms with Gasteiger partial charge in [0.1, 0.15) is 0 Å². The van der Waals surface area contributed by atoms with Crippen molar-refractivity contribution in [2.75, 3.05) is 0 Å². The third-order valence-corrected chi connectivity index (χ3v) is 6.89. The highest BCUT2D eigenvalue weighted by molar-refractivity contribution is 6.03. The van der Waals surface area contributed by atoms with E-state index in [9.17, 15) is 0 Å². The number of fused-ring (bicyclic) bond motifs is 1. The van der Waals surface area contributed by atoms with Crippen LogP contribution in [0.4, 0.5) is 0 Å². The standard InChI is InChI=1S/C35H23N5/c1-3-10-24(11-4-1)33-38-34(25-12-5-2-6-13-25)40-35(39-33)31-18-8-16-29-28(15-7-17-30(29)31)26-19-20-32(37-23-26)27-14-9-21-36-22-27/h1-23H. The van der Waals surface area contributed by atoms with Crippen LogP contribution in [-0.4, -0.2) is 24.9 Å². The summed E-state index contributed by atoms with van der Waals surface area (Å²) in [5, 5.41) is 2.18. The summed E-state index contributed by atoms with van der Waals surface area (Å²) < 4.78 is 0. The van der Waals surface area contributed by atoms with Crippen LogP contribution in [-0.2, 0) is 0 Å². The molecule has 0 aliphatic carbocycles. The monoisotopic (exact) mass is 513 g/mol. The fourth-order valence-corrected chi connectivity index (χ4v) is 4.92. The van der Waals surface area contributed by atoms with Crippen LogP contribution in [0.25, 0.3) is 67.3 Å². The summed E-state index contributed by atoms with van der Waals surface area (Å²) >= 11 is 0. The van der Waals surface area contributed by atoms with Crippen LogP contribution in [0.1, 0.15) is 0 Å². The average Bonchev–Trinajstić information content (AvgIpc) is 3.05. The zero-order valence-electron chi connectivity index (χ0n) is 21.5. The zero-order valence-corrected chi connectivity index (χ0v) is 21.5. The summed E-state index contributed by atoms with van der Waals surface area (Å²) in [7, 11) is 0. The lowest BCUT2D eigenvalue weighted by Gasteiger charge is -2.12. The molecule has 7 aromatic rings. The van der Waals surface area contributed by atoms with E-state index in [1.165, 1.54) is 0 Å². The molecule has 0 amide bonds. The lowest BCUT2D eigenvalue weighted by Crippen LogP contribution is -2.00. The van der Waals surface area contributed by atoms with Crippen molar-refractivity contribution in [2.24, 2.45) is 0 Å². The van der Waals surface area contributed by atoms with Crippen LogP contribution >= 0.6 is 0 Å². The molecule has 0 bridgehead atoms. The number of rotatable bonds is 5. The van der Waals surface area contributed by atoms with E-state index in [1.807, 2.05) is 91.3 Å². The second kappa shape index (κ2) is 10.3. The summed E-state index contributed by atoms with van der Waals surface area (Å²) in [6.07, 6.45) is 5.52. The Bertz CT molecular complexity index is 1860. The Morgan fingerprint density at radius 2 is 0.975 bits per heavy atom. The van der Waals surface area contributed by atoms with E-state index in [1.54, 1.807) is 6.20 Å². The Hall–Kier alpha value is -5.55. The smallest absolute Gasteiger partial charge is 0.164 e. The predicted octanol–water partition coefficient (Wildman–Crippen LogP) is 8.15. The first-order valence-electron chi connectivity index (χ1n) is 13.1. The van der Waals surface area contributed by atoms with Gasteiger partial charge in [0.05, 0.1) is 5.69 Å². The maximum Gasteiger partial charge on any atom is 0.164 e. The molecular weight excluding hydrogens is 490 g/mol. The number of hydrogen-bond acceptors (Lipinski definition) is 5. The van der Waals surface area contributed by atoms with E-state index in [-0.39, 0.29) is 0 Å². The van der Waals surface area contributed by atoms with E-state index in [2.05, 4.69) is 47.4 Å². The molecule has 0 spiro atoms. The van der Waals surface area contributed by atoms with Crippen LogP contribution in [0.5, 0.6) is 0 Å². The third kappa shape index (κ3) is 4.50. The fourth-order valence-electron chi connectivity index (χ4n) is 4.92. The molecule has 0 fully saturated rings. The number of nitrogens with zero attached hydrogens (tertiary/aromatic N) is 5. The molecule has 188 valence electrons. The Labute approximate surface area is 231 Å². The lowest BCUT2D eigenvalue weighted by atomic mass is 9.96. The second-order valence-electron chi connectivity index (χ2n) is 9.42. The zero-order chi connectivity index (χ0) is 26.7. The molecule has 0 N–H and O–H groups in total. The quantitative estimate of drug-likeness (QED) is 0.232. The SMILES string of the molecule is c1ccc(-c2nc(-c3ccccc3)nc(-c3cccc4c(-c5ccc(-c6cccnc6)nc5)cccc34)n2)cc1. The van der Waals surface area contributed by atoms with Gasteiger partial charge in [-0.15, -0.1) is 0 Å². The van der Waals surface area contributed by atoms with Crippen molar-refractivity contribution in [3.05, 3.63) is 140 Å². The van der Waals surface area contributed by atoms with E-state index in [0.29, 0.717) is 17.5 Å². The molecule has 5 heteroatoms. The van der Waals surface area contributed by atoms with Gasteiger partial charge in [-0.25, -0.2) is 15.0 Å². The molecule has 0 unspecified atom stereocenters. The van der Waals surface area contributed by atoms with Crippen molar-refractivity contribution in [1.29, 1.82) is 0 Å². The summed E-state index contributed by atoms with van der Waals surface area (Å²) in [4.78, 5) is 23.7. The van der Waals surface area contributed by atoms with E-state index in [4.69, 9.17) is 19.9 Å². The summed E-state index contributed by atoms with van der Waals surface area (Å²) in [5.74, 6) is 1.93. The van der Waals surface area contributed by atoms with Gasteiger partial charge in [-0.05, 0) is 34.5 Å². The van der Waals surface area contributed by atoms with Gasteiger partial charge in [0.15, 0.2) is 17.5 Å². The Balaban J connectivity index is 1.37. The number of pyridine rings is 2. The van der Waals surface area contributed by atoms with Gasteiger partial charge in [-0.3, -0.25) is 9.97 Å². The topological polar surface area (TPSA) is 64.5 Å². The molecule has 40 heavy (non-hydrogen) atoms. The molecule has 0 radical (unpaired) electrons. The summed E-state index contributed by atoms with van der Waals surface area (Å²) in [6, 6.07) is 40.8. The highest BCUT2D eigenvalue weighted by Crippen LogP contribution is 2.35. The molecule has 0 aliphatic rings. The molecule has 5 nitrogen and oxygen atoms in total. The molecule has 0 aliphatic heterocycles. The fraction of sp³-hybridized carbons (Fsp3) is 0. The van der Waals surface area contributed by atoms with E-state index >= 15 is 0 Å². The van der Waals surface area contributed by atoms with Gasteiger partial charge in [0.2, 0.25) is 0 Å².